The Kier molecular flexibility index (Phi) is 3.18. The third-order valence-corrected chi connectivity index (χ3v) is 2.78. The highest BCUT2D eigenvalue weighted by Gasteiger charge is 2.24. The summed E-state index contributed by atoms with van der Waals surface area (Å²) in [5.74, 6) is 0.666. The summed E-state index contributed by atoms with van der Waals surface area (Å²) in [6.07, 6.45) is 3.94. The summed E-state index contributed by atoms with van der Waals surface area (Å²) in [7, 11) is 1.63. The van der Waals surface area contributed by atoms with Gasteiger partial charge in [-0.05, 0) is 24.5 Å². The average Bonchev–Trinajstić information content (AvgIpc) is 2.23. The molecule has 1 aliphatic rings. The van der Waals surface area contributed by atoms with Gasteiger partial charge >= 0.3 is 0 Å². The molecule has 0 bridgehead atoms. The highest BCUT2D eigenvalue weighted by Crippen LogP contribution is 2.18. The predicted molar refractivity (Wildman–Crippen MR) is 58.6 cm³/mol. The van der Waals surface area contributed by atoms with Gasteiger partial charge in [0.2, 0.25) is 5.88 Å². The third kappa shape index (κ3) is 2.67. The van der Waals surface area contributed by atoms with Gasteiger partial charge in [-0.15, -0.1) is 0 Å². The van der Waals surface area contributed by atoms with Crippen LogP contribution < -0.4 is 15.8 Å². The number of rotatable bonds is 4. The molecule has 1 fully saturated rings. The quantitative estimate of drug-likeness (QED) is 0.762. The lowest BCUT2D eigenvalue weighted by Crippen LogP contribution is -2.48. The van der Waals surface area contributed by atoms with Crippen molar-refractivity contribution >= 4 is 0 Å². The average molecular weight is 207 g/mol. The fraction of sp³-hybridized carbons (Fsp3) is 0.545. The number of pyridine rings is 1. The van der Waals surface area contributed by atoms with Crippen LogP contribution in [-0.4, -0.2) is 24.2 Å². The summed E-state index contributed by atoms with van der Waals surface area (Å²) in [5.41, 5.74) is 6.91. The first kappa shape index (κ1) is 10.4. The van der Waals surface area contributed by atoms with Crippen LogP contribution in [0.2, 0.25) is 0 Å². The van der Waals surface area contributed by atoms with Crippen LogP contribution in [-0.2, 0) is 6.54 Å². The van der Waals surface area contributed by atoms with Crippen molar-refractivity contribution in [3.8, 4) is 5.88 Å². The fourth-order valence-corrected chi connectivity index (χ4v) is 1.76. The Balaban J connectivity index is 1.82. The first-order valence-electron chi connectivity index (χ1n) is 5.26. The minimum atomic E-state index is 0.398. The van der Waals surface area contributed by atoms with Crippen LogP contribution in [0.3, 0.4) is 0 Å². The second-order valence-electron chi connectivity index (χ2n) is 4.02. The molecule has 4 nitrogen and oxygen atoms in total. The standard InChI is InChI=1S/C11H17N3O/c1-15-11-4-8(2-3-13-11)7-14-10-5-9(12)6-10/h2-4,9-10,14H,5-7,12H2,1H3. The lowest BCUT2D eigenvalue weighted by atomic mass is 9.87. The van der Waals surface area contributed by atoms with Gasteiger partial charge in [0.15, 0.2) is 0 Å². The van der Waals surface area contributed by atoms with E-state index in [1.807, 2.05) is 12.1 Å². The van der Waals surface area contributed by atoms with Crippen LogP contribution in [0.25, 0.3) is 0 Å². The number of aromatic nitrogens is 1. The molecule has 4 heteroatoms. The molecule has 0 aliphatic heterocycles. The van der Waals surface area contributed by atoms with E-state index in [4.69, 9.17) is 10.5 Å². The molecular formula is C11H17N3O. The molecule has 82 valence electrons. The summed E-state index contributed by atoms with van der Waals surface area (Å²) < 4.78 is 5.06. The Morgan fingerprint density at radius 2 is 2.40 bits per heavy atom. The van der Waals surface area contributed by atoms with Gasteiger partial charge in [-0.2, -0.15) is 0 Å². The number of nitrogens with zero attached hydrogens (tertiary/aromatic N) is 1. The molecule has 3 N–H and O–H groups in total. The van der Waals surface area contributed by atoms with E-state index >= 15 is 0 Å². The van der Waals surface area contributed by atoms with Gasteiger partial charge in [-0.25, -0.2) is 4.98 Å². The largest absolute Gasteiger partial charge is 0.481 e. The second kappa shape index (κ2) is 4.59. The zero-order valence-corrected chi connectivity index (χ0v) is 8.94. The second-order valence-corrected chi connectivity index (χ2v) is 4.02. The van der Waals surface area contributed by atoms with Crippen molar-refractivity contribution in [1.82, 2.24) is 10.3 Å². The molecule has 1 saturated carbocycles. The van der Waals surface area contributed by atoms with E-state index in [0.29, 0.717) is 18.0 Å². The van der Waals surface area contributed by atoms with Crippen LogP contribution in [0.5, 0.6) is 5.88 Å². The molecular weight excluding hydrogens is 190 g/mol. The van der Waals surface area contributed by atoms with E-state index in [1.54, 1.807) is 13.3 Å². The SMILES string of the molecule is COc1cc(CNC2CC(N)C2)ccn1. The van der Waals surface area contributed by atoms with E-state index in [-0.39, 0.29) is 0 Å². The van der Waals surface area contributed by atoms with Gasteiger partial charge in [0, 0.05) is 30.9 Å². The number of methoxy groups -OCH3 is 1. The minimum absolute atomic E-state index is 0.398. The zero-order chi connectivity index (χ0) is 10.7. The monoisotopic (exact) mass is 207 g/mol. The molecule has 0 unspecified atom stereocenters. The molecule has 0 spiro atoms. The Labute approximate surface area is 89.8 Å². The molecule has 0 aromatic carbocycles. The smallest absolute Gasteiger partial charge is 0.213 e. The minimum Gasteiger partial charge on any atom is -0.481 e. The maximum absolute atomic E-state index is 5.71. The molecule has 0 saturated heterocycles. The van der Waals surface area contributed by atoms with Crippen molar-refractivity contribution in [3.05, 3.63) is 23.9 Å². The number of hydrogen-bond donors (Lipinski definition) is 2. The Morgan fingerprint density at radius 1 is 1.60 bits per heavy atom. The third-order valence-electron chi connectivity index (χ3n) is 2.78. The first-order valence-corrected chi connectivity index (χ1v) is 5.26. The number of nitrogens with one attached hydrogen (secondary N) is 1. The van der Waals surface area contributed by atoms with Gasteiger partial charge in [0.1, 0.15) is 0 Å². The molecule has 0 amide bonds. The molecule has 0 radical (unpaired) electrons. The summed E-state index contributed by atoms with van der Waals surface area (Å²) >= 11 is 0. The number of hydrogen-bond acceptors (Lipinski definition) is 4. The van der Waals surface area contributed by atoms with Gasteiger partial charge in [0.05, 0.1) is 7.11 Å². The number of nitrogens with two attached hydrogens (primary N) is 1. The predicted octanol–water partition coefficient (Wildman–Crippen LogP) is 0.669. The highest BCUT2D eigenvalue weighted by atomic mass is 16.5. The lowest BCUT2D eigenvalue weighted by molar-refractivity contribution is 0.290. The van der Waals surface area contributed by atoms with E-state index in [0.717, 1.165) is 19.4 Å². The normalized spacial score (nSPS) is 24.7. The van der Waals surface area contributed by atoms with Crippen molar-refractivity contribution in [2.24, 2.45) is 5.73 Å². The fourth-order valence-electron chi connectivity index (χ4n) is 1.76. The summed E-state index contributed by atoms with van der Waals surface area (Å²) in [6.45, 7) is 0.857. The highest BCUT2D eigenvalue weighted by molar-refractivity contribution is 5.20. The van der Waals surface area contributed by atoms with E-state index in [2.05, 4.69) is 10.3 Å². The van der Waals surface area contributed by atoms with Crippen molar-refractivity contribution in [2.75, 3.05) is 7.11 Å². The van der Waals surface area contributed by atoms with Gasteiger partial charge in [-0.1, -0.05) is 0 Å². The molecule has 1 aromatic heterocycles. The maximum Gasteiger partial charge on any atom is 0.213 e. The van der Waals surface area contributed by atoms with E-state index in [9.17, 15) is 0 Å². The van der Waals surface area contributed by atoms with Crippen molar-refractivity contribution in [2.45, 2.75) is 31.5 Å². The van der Waals surface area contributed by atoms with Crippen molar-refractivity contribution < 1.29 is 4.74 Å². The van der Waals surface area contributed by atoms with Gasteiger partial charge < -0.3 is 15.8 Å². The Hall–Kier alpha value is -1.13. The van der Waals surface area contributed by atoms with Crippen LogP contribution >= 0.6 is 0 Å². The summed E-state index contributed by atoms with van der Waals surface area (Å²) in [4.78, 5) is 4.06. The van der Waals surface area contributed by atoms with E-state index in [1.165, 1.54) is 5.56 Å². The van der Waals surface area contributed by atoms with Crippen LogP contribution in [0, 0.1) is 0 Å². The van der Waals surface area contributed by atoms with Crippen molar-refractivity contribution in [1.29, 1.82) is 0 Å². The molecule has 1 aliphatic carbocycles. The summed E-state index contributed by atoms with van der Waals surface area (Å²) in [6, 6.07) is 4.92. The lowest BCUT2D eigenvalue weighted by Gasteiger charge is -2.33. The maximum atomic E-state index is 5.71. The zero-order valence-electron chi connectivity index (χ0n) is 8.94. The molecule has 1 aromatic rings. The van der Waals surface area contributed by atoms with Crippen LogP contribution in [0.1, 0.15) is 18.4 Å². The van der Waals surface area contributed by atoms with Crippen LogP contribution in [0.15, 0.2) is 18.3 Å². The first-order chi connectivity index (χ1) is 7.28. The van der Waals surface area contributed by atoms with E-state index < -0.39 is 0 Å². The van der Waals surface area contributed by atoms with Gasteiger partial charge in [-0.3, -0.25) is 0 Å². The molecule has 15 heavy (non-hydrogen) atoms. The topological polar surface area (TPSA) is 60.2 Å². The van der Waals surface area contributed by atoms with Gasteiger partial charge in [0.25, 0.3) is 0 Å². The van der Waals surface area contributed by atoms with Crippen LogP contribution in [0.4, 0.5) is 0 Å². The number of ether oxygens (including phenoxy) is 1. The molecule has 0 atom stereocenters. The summed E-state index contributed by atoms with van der Waals surface area (Å²) in [5, 5.41) is 3.45. The Bertz CT molecular complexity index is 323. The molecule has 2 rings (SSSR count). The Morgan fingerprint density at radius 3 is 3.07 bits per heavy atom. The molecule has 1 heterocycles. The van der Waals surface area contributed by atoms with Crippen molar-refractivity contribution in [3.63, 3.8) is 0 Å².